The predicted molar refractivity (Wildman–Crippen MR) is 166 cm³/mol. The first kappa shape index (κ1) is 32.9. The molecule has 9 nitrogen and oxygen atoms in total. The summed E-state index contributed by atoms with van der Waals surface area (Å²) in [5.74, 6) is 1.83. The summed E-state index contributed by atoms with van der Waals surface area (Å²) in [6.45, 7) is 6.81. The SMILES string of the molecule is COC(=O)c1ccccc1S(=O)(=O)NC(=O)CNC(=O)CC[C@@H](C)[C@H]1CC[C@H]2[C@@H]3CC[C@@H]4C[C@H](O)CC[C@]4(C)[C@H]3CC[C@]12C. The molecule has 3 N–H and O–H groups in total. The number of benzene rings is 1. The molecular weight excluding hydrogens is 580 g/mol. The van der Waals surface area contributed by atoms with E-state index < -0.39 is 28.4 Å². The summed E-state index contributed by atoms with van der Waals surface area (Å²) in [5, 5.41) is 12.9. The number of sulfonamides is 1. The van der Waals surface area contributed by atoms with Crippen molar-refractivity contribution in [3.63, 3.8) is 0 Å². The Bertz CT molecular complexity index is 1360. The van der Waals surface area contributed by atoms with Crippen molar-refractivity contribution in [3.05, 3.63) is 29.8 Å². The van der Waals surface area contributed by atoms with E-state index in [4.69, 9.17) is 0 Å². The molecule has 1 aromatic carbocycles. The maximum Gasteiger partial charge on any atom is 0.339 e. The molecule has 0 unspecified atom stereocenters. The largest absolute Gasteiger partial charge is 0.465 e. The molecule has 4 fully saturated rings. The standard InChI is InChI=1S/C34H50N2O7S/c1-21(9-14-30(38)35-20-31(39)36-44(41,42)29-8-6-5-7-25(29)32(40)43-4)26-12-13-27-24-11-10-22-19-23(37)15-17-33(22,2)28(24)16-18-34(26,27)3/h5-8,21-24,26-28,37H,9-20H2,1-4H3,(H,35,38)(H,36,39)/t21-,22-,23-,24+,26-,27+,28+,33+,34-/m1/s1. The summed E-state index contributed by atoms with van der Waals surface area (Å²) < 4.78 is 32.1. The molecule has 44 heavy (non-hydrogen) atoms. The zero-order chi connectivity index (χ0) is 31.9. The van der Waals surface area contributed by atoms with Crippen molar-refractivity contribution >= 4 is 27.8 Å². The van der Waals surface area contributed by atoms with E-state index in [1.54, 1.807) is 0 Å². The summed E-state index contributed by atoms with van der Waals surface area (Å²) in [5.41, 5.74) is 0.463. The number of nitrogens with one attached hydrogen (secondary N) is 2. The van der Waals surface area contributed by atoms with Gasteiger partial charge in [-0.2, -0.15) is 0 Å². The van der Waals surface area contributed by atoms with Crippen LogP contribution in [-0.2, 0) is 24.3 Å². The van der Waals surface area contributed by atoms with Crippen LogP contribution in [0, 0.1) is 46.3 Å². The van der Waals surface area contributed by atoms with Crippen LogP contribution in [0.2, 0.25) is 0 Å². The average Bonchev–Trinajstić information content (AvgIpc) is 3.36. The molecule has 0 saturated heterocycles. The molecule has 10 heteroatoms. The van der Waals surface area contributed by atoms with Gasteiger partial charge in [0.2, 0.25) is 5.91 Å². The monoisotopic (exact) mass is 630 g/mol. The fraction of sp³-hybridized carbons (Fsp3) is 0.735. The van der Waals surface area contributed by atoms with Crippen LogP contribution in [0.5, 0.6) is 0 Å². The highest BCUT2D eigenvalue weighted by atomic mass is 32.2. The summed E-state index contributed by atoms with van der Waals surface area (Å²) >= 11 is 0. The Morgan fingerprint density at radius 2 is 1.68 bits per heavy atom. The third-order valence-electron chi connectivity index (χ3n) is 12.5. The number of amides is 2. The lowest BCUT2D eigenvalue weighted by Crippen LogP contribution is -2.54. The Morgan fingerprint density at radius 3 is 2.43 bits per heavy atom. The van der Waals surface area contributed by atoms with E-state index in [1.165, 1.54) is 62.8 Å². The van der Waals surface area contributed by atoms with Gasteiger partial charge in [0, 0.05) is 6.42 Å². The fourth-order valence-electron chi connectivity index (χ4n) is 10.3. The normalized spacial score (nSPS) is 35.4. The van der Waals surface area contributed by atoms with Crippen molar-refractivity contribution in [3.8, 4) is 0 Å². The van der Waals surface area contributed by atoms with Crippen LogP contribution in [0.15, 0.2) is 29.2 Å². The number of hydrogen-bond donors (Lipinski definition) is 3. The smallest absolute Gasteiger partial charge is 0.339 e. The number of aliphatic hydroxyl groups excluding tert-OH is 1. The lowest BCUT2D eigenvalue weighted by molar-refractivity contribution is -0.130. The highest BCUT2D eigenvalue weighted by Crippen LogP contribution is 2.68. The maximum atomic E-state index is 12.8. The van der Waals surface area contributed by atoms with E-state index in [0.29, 0.717) is 23.2 Å². The van der Waals surface area contributed by atoms with Crippen LogP contribution < -0.4 is 10.0 Å². The Morgan fingerprint density at radius 1 is 0.977 bits per heavy atom. The average molecular weight is 631 g/mol. The molecule has 0 radical (unpaired) electrons. The third-order valence-corrected chi connectivity index (χ3v) is 13.9. The molecule has 0 aliphatic heterocycles. The molecule has 4 aliphatic carbocycles. The van der Waals surface area contributed by atoms with Crippen LogP contribution in [0.25, 0.3) is 0 Å². The quantitative estimate of drug-likeness (QED) is 0.332. The van der Waals surface area contributed by atoms with Gasteiger partial charge < -0.3 is 15.2 Å². The minimum Gasteiger partial charge on any atom is -0.465 e. The van der Waals surface area contributed by atoms with E-state index in [9.17, 15) is 27.9 Å². The Hall–Kier alpha value is -2.46. The molecule has 2 amide bonds. The van der Waals surface area contributed by atoms with Gasteiger partial charge in [-0.25, -0.2) is 17.9 Å². The van der Waals surface area contributed by atoms with Gasteiger partial charge in [0.05, 0.1) is 25.3 Å². The van der Waals surface area contributed by atoms with Crippen LogP contribution in [0.3, 0.4) is 0 Å². The van der Waals surface area contributed by atoms with Gasteiger partial charge in [0.1, 0.15) is 4.90 Å². The molecule has 9 atom stereocenters. The molecule has 0 bridgehead atoms. The molecule has 0 heterocycles. The number of fused-ring (bicyclic) bond motifs is 5. The second-order valence-corrected chi connectivity index (χ2v) is 16.3. The molecule has 4 saturated carbocycles. The van der Waals surface area contributed by atoms with Gasteiger partial charge in [0.25, 0.3) is 15.9 Å². The number of carbonyl (C=O) groups excluding carboxylic acids is 3. The highest BCUT2D eigenvalue weighted by Gasteiger charge is 2.60. The number of carbonyl (C=O) groups is 3. The lowest BCUT2D eigenvalue weighted by Gasteiger charge is -2.61. The zero-order valence-electron chi connectivity index (χ0n) is 26.6. The molecule has 1 aromatic rings. The first-order valence-corrected chi connectivity index (χ1v) is 18.0. The first-order valence-electron chi connectivity index (χ1n) is 16.5. The Labute approximate surface area is 262 Å². The van der Waals surface area contributed by atoms with Gasteiger partial charge in [-0.3, -0.25) is 9.59 Å². The molecule has 0 aromatic heterocycles. The number of rotatable bonds is 9. The van der Waals surface area contributed by atoms with Gasteiger partial charge in [-0.05, 0) is 123 Å². The number of esters is 1. The predicted octanol–water partition coefficient (Wildman–Crippen LogP) is 4.83. The number of aliphatic hydroxyl groups is 1. The van der Waals surface area contributed by atoms with Crippen molar-refractivity contribution < 1.29 is 32.6 Å². The fourth-order valence-corrected chi connectivity index (χ4v) is 11.4. The molecule has 5 rings (SSSR count). The first-order chi connectivity index (χ1) is 20.8. The number of ether oxygens (including phenoxy) is 1. The molecular formula is C34H50N2O7S. The van der Waals surface area contributed by atoms with E-state index in [2.05, 4.69) is 30.8 Å². The van der Waals surface area contributed by atoms with Gasteiger partial charge in [-0.15, -0.1) is 0 Å². The number of methoxy groups -OCH3 is 1. The van der Waals surface area contributed by atoms with E-state index >= 15 is 0 Å². The van der Waals surface area contributed by atoms with E-state index in [0.717, 1.165) is 50.5 Å². The van der Waals surface area contributed by atoms with Crippen molar-refractivity contribution in [2.75, 3.05) is 13.7 Å². The van der Waals surface area contributed by atoms with Crippen molar-refractivity contribution in [2.45, 2.75) is 102 Å². The van der Waals surface area contributed by atoms with E-state index in [1.807, 2.05) is 4.72 Å². The molecule has 0 spiro atoms. The summed E-state index contributed by atoms with van der Waals surface area (Å²) in [6.07, 6.45) is 11.4. The summed E-state index contributed by atoms with van der Waals surface area (Å²) in [7, 11) is -3.19. The van der Waals surface area contributed by atoms with E-state index in [-0.39, 0.29) is 34.3 Å². The highest BCUT2D eigenvalue weighted by molar-refractivity contribution is 7.90. The van der Waals surface area contributed by atoms with Crippen molar-refractivity contribution in [1.82, 2.24) is 10.0 Å². The second kappa shape index (κ2) is 12.7. The minimum atomic E-state index is -4.33. The van der Waals surface area contributed by atoms with Crippen LogP contribution in [-0.4, -0.2) is 51.1 Å². The van der Waals surface area contributed by atoms with Gasteiger partial charge in [0.15, 0.2) is 0 Å². The van der Waals surface area contributed by atoms with Crippen LogP contribution >= 0.6 is 0 Å². The number of hydrogen-bond acceptors (Lipinski definition) is 7. The van der Waals surface area contributed by atoms with Crippen molar-refractivity contribution in [2.24, 2.45) is 46.3 Å². The molecule has 4 aliphatic rings. The Kier molecular flexibility index (Phi) is 9.53. The van der Waals surface area contributed by atoms with Gasteiger partial charge >= 0.3 is 5.97 Å². The minimum absolute atomic E-state index is 0.120. The van der Waals surface area contributed by atoms with Crippen LogP contribution in [0.4, 0.5) is 0 Å². The maximum absolute atomic E-state index is 12.8. The second-order valence-electron chi connectivity index (χ2n) is 14.6. The lowest BCUT2D eigenvalue weighted by atomic mass is 9.44. The van der Waals surface area contributed by atoms with Gasteiger partial charge in [-0.1, -0.05) is 32.9 Å². The van der Waals surface area contributed by atoms with Crippen LogP contribution in [0.1, 0.15) is 102 Å². The van der Waals surface area contributed by atoms with Crippen molar-refractivity contribution in [1.29, 1.82) is 0 Å². The zero-order valence-corrected chi connectivity index (χ0v) is 27.5. The summed E-state index contributed by atoms with van der Waals surface area (Å²) in [6, 6.07) is 5.47. The third kappa shape index (κ3) is 6.17. The molecule has 244 valence electrons. The topological polar surface area (TPSA) is 139 Å². The Balaban J connectivity index is 1.12. The summed E-state index contributed by atoms with van der Waals surface area (Å²) in [4.78, 5) is 36.8.